The number of aryl methyl sites for hydroxylation is 4. The van der Waals surface area contributed by atoms with E-state index in [1.165, 1.54) is 50.3 Å². The van der Waals surface area contributed by atoms with E-state index in [0.717, 1.165) is 0 Å². The van der Waals surface area contributed by atoms with E-state index in [1.807, 2.05) is 0 Å². The third kappa shape index (κ3) is 2.57. The van der Waals surface area contributed by atoms with Gasteiger partial charge < -0.3 is 4.90 Å². The lowest BCUT2D eigenvalue weighted by molar-refractivity contribution is 1.10. The summed E-state index contributed by atoms with van der Waals surface area (Å²) in [5, 5.41) is 0. The van der Waals surface area contributed by atoms with Gasteiger partial charge in [0.05, 0.1) is 0 Å². The van der Waals surface area contributed by atoms with Crippen molar-refractivity contribution in [3.8, 4) is 0 Å². The highest BCUT2D eigenvalue weighted by Gasteiger charge is 2.17. The molecule has 0 bridgehead atoms. The molecule has 0 aromatic heterocycles. The molecule has 2 aromatic rings. The van der Waals surface area contributed by atoms with Crippen molar-refractivity contribution in [1.29, 1.82) is 0 Å². The van der Waals surface area contributed by atoms with E-state index >= 15 is 0 Å². The lowest BCUT2D eigenvalue weighted by Gasteiger charge is -2.29. The van der Waals surface area contributed by atoms with Crippen LogP contribution in [0.15, 0.2) is 18.2 Å². The lowest BCUT2D eigenvalue weighted by Crippen LogP contribution is -2.16. The molecule has 0 aliphatic carbocycles. The molecule has 0 fully saturated rings. The van der Waals surface area contributed by atoms with Crippen LogP contribution in [-0.4, -0.2) is 7.05 Å². The van der Waals surface area contributed by atoms with Gasteiger partial charge in [-0.2, -0.15) is 0 Å². The van der Waals surface area contributed by atoms with E-state index in [9.17, 15) is 0 Å². The molecule has 0 heterocycles. The molecule has 0 spiro atoms. The zero-order valence-electron chi connectivity index (χ0n) is 14.7. The van der Waals surface area contributed by atoms with Crippen molar-refractivity contribution in [2.24, 2.45) is 0 Å². The van der Waals surface area contributed by atoms with E-state index in [0.29, 0.717) is 0 Å². The largest absolute Gasteiger partial charge is 0.344 e. The van der Waals surface area contributed by atoms with Gasteiger partial charge in [0.25, 0.3) is 0 Å². The Kier molecular flexibility index (Phi) is 4.13. The first-order chi connectivity index (χ1) is 9.75. The summed E-state index contributed by atoms with van der Waals surface area (Å²) in [4.78, 5) is 2.38. The molecule has 0 N–H and O–H groups in total. The van der Waals surface area contributed by atoms with Crippen LogP contribution in [0.25, 0.3) is 0 Å². The Labute approximate surface area is 129 Å². The van der Waals surface area contributed by atoms with Gasteiger partial charge >= 0.3 is 0 Å². The molecule has 2 aromatic carbocycles. The van der Waals surface area contributed by atoms with Crippen molar-refractivity contribution in [2.75, 3.05) is 11.9 Å². The van der Waals surface area contributed by atoms with Crippen molar-refractivity contribution < 1.29 is 0 Å². The van der Waals surface area contributed by atoms with Gasteiger partial charge in [0.15, 0.2) is 0 Å². The molecular formula is C20H27N. The monoisotopic (exact) mass is 281 g/mol. The van der Waals surface area contributed by atoms with Crippen LogP contribution in [0, 0.1) is 48.5 Å². The maximum Gasteiger partial charge on any atom is 0.0472 e. The fourth-order valence-electron chi connectivity index (χ4n) is 3.26. The first-order valence-electron chi connectivity index (χ1n) is 7.63. The van der Waals surface area contributed by atoms with Crippen molar-refractivity contribution in [2.45, 2.75) is 48.5 Å². The Balaban J connectivity index is 2.72. The van der Waals surface area contributed by atoms with Crippen molar-refractivity contribution >= 4 is 11.4 Å². The molecule has 0 saturated carbocycles. The van der Waals surface area contributed by atoms with Gasteiger partial charge in [-0.05, 0) is 87.4 Å². The third-order valence-electron chi connectivity index (χ3n) is 4.90. The summed E-state index contributed by atoms with van der Waals surface area (Å²) in [6.07, 6.45) is 0. The molecule has 21 heavy (non-hydrogen) atoms. The molecule has 0 atom stereocenters. The maximum atomic E-state index is 2.38. The first-order valence-corrected chi connectivity index (χ1v) is 7.63. The summed E-state index contributed by atoms with van der Waals surface area (Å²) >= 11 is 0. The van der Waals surface area contributed by atoms with Crippen LogP contribution in [-0.2, 0) is 0 Å². The number of nitrogens with zero attached hydrogens (tertiary/aromatic N) is 1. The topological polar surface area (TPSA) is 3.24 Å². The van der Waals surface area contributed by atoms with Crippen LogP contribution >= 0.6 is 0 Å². The number of hydrogen-bond donors (Lipinski definition) is 0. The Hall–Kier alpha value is -1.76. The van der Waals surface area contributed by atoms with Gasteiger partial charge in [-0.1, -0.05) is 18.2 Å². The van der Waals surface area contributed by atoms with Gasteiger partial charge in [0.1, 0.15) is 0 Å². The van der Waals surface area contributed by atoms with E-state index in [-0.39, 0.29) is 0 Å². The highest BCUT2D eigenvalue weighted by atomic mass is 15.1. The predicted octanol–water partition coefficient (Wildman–Crippen LogP) is 5.61. The normalized spacial score (nSPS) is 10.9. The molecular weight excluding hydrogens is 254 g/mol. The number of hydrogen-bond acceptors (Lipinski definition) is 1. The van der Waals surface area contributed by atoms with Crippen molar-refractivity contribution in [3.05, 3.63) is 57.1 Å². The average Bonchev–Trinajstić information content (AvgIpc) is 2.41. The molecule has 1 heteroatoms. The summed E-state index contributed by atoms with van der Waals surface area (Å²) < 4.78 is 0. The minimum Gasteiger partial charge on any atom is -0.344 e. The van der Waals surface area contributed by atoms with E-state index < -0.39 is 0 Å². The lowest BCUT2D eigenvalue weighted by atomic mass is 9.96. The second-order valence-corrected chi connectivity index (χ2v) is 6.34. The predicted molar refractivity (Wildman–Crippen MR) is 94.1 cm³/mol. The molecule has 0 aliphatic heterocycles. The Morgan fingerprint density at radius 3 is 1.52 bits per heavy atom. The van der Waals surface area contributed by atoms with E-state index in [1.54, 1.807) is 0 Å². The zero-order valence-corrected chi connectivity index (χ0v) is 14.7. The summed E-state index contributed by atoms with van der Waals surface area (Å²) in [6.45, 7) is 15.5. The van der Waals surface area contributed by atoms with Gasteiger partial charge in [-0.3, -0.25) is 0 Å². The van der Waals surface area contributed by atoms with E-state index in [4.69, 9.17) is 0 Å². The van der Waals surface area contributed by atoms with Crippen LogP contribution in [0.3, 0.4) is 0 Å². The second-order valence-electron chi connectivity index (χ2n) is 6.34. The Bertz CT molecular complexity index is 669. The van der Waals surface area contributed by atoms with Gasteiger partial charge in [0, 0.05) is 18.4 Å². The van der Waals surface area contributed by atoms with Gasteiger partial charge in [-0.25, -0.2) is 0 Å². The quantitative estimate of drug-likeness (QED) is 0.691. The Morgan fingerprint density at radius 2 is 1.00 bits per heavy atom. The van der Waals surface area contributed by atoms with Gasteiger partial charge in [-0.15, -0.1) is 0 Å². The van der Waals surface area contributed by atoms with E-state index in [2.05, 4.69) is 78.6 Å². The van der Waals surface area contributed by atoms with Crippen LogP contribution < -0.4 is 4.90 Å². The molecule has 2 rings (SSSR count). The number of benzene rings is 2. The maximum absolute atomic E-state index is 2.38. The molecule has 0 amide bonds. The molecule has 0 aliphatic rings. The number of anilines is 2. The fourth-order valence-corrected chi connectivity index (χ4v) is 3.26. The first kappa shape index (κ1) is 15.6. The molecule has 0 radical (unpaired) electrons. The highest BCUT2D eigenvalue weighted by molar-refractivity contribution is 5.75. The SMILES string of the molecule is Cc1ccc(C)c(N(C)c2c(C)c(C)cc(C)c2C)c1C. The molecule has 0 saturated heterocycles. The standard InChI is InChI=1S/C20H27N/c1-12-9-10-13(2)19(16(12)5)21(8)20-17(6)14(3)11-15(4)18(20)7/h9-11H,1-8H3. The van der Waals surface area contributed by atoms with Crippen molar-refractivity contribution in [1.82, 2.24) is 0 Å². The van der Waals surface area contributed by atoms with Crippen LogP contribution in [0.1, 0.15) is 38.9 Å². The second kappa shape index (κ2) is 5.55. The smallest absolute Gasteiger partial charge is 0.0472 e. The van der Waals surface area contributed by atoms with Crippen LogP contribution in [0.4, 0.5) is 11.4 Å². The van der Waals surface area contributed by atoms with Gasteiger partial charge in [0.2, 0.25) is 0 Å². The minimum atomic E-state index is 1.33. The Morgan fingerprint density at radius 1 is 0.571 bits per heavy atom. The summed E-state index contributed by atoms with van der Waals surface area (Å²) in [6, 6.07) is 6.72. The summed E-state index contributed by atoms with van der Waals surface area (Å²) in [7, 11) is 2.20. The zero-order chi connectivity index (χ0) is 15.9. The fraction of sp³-hybridized carbons (Fsp3) is 0.400. The minimum absolute atomic E-state index is 1.33. The highest BCUT2D eigenvalue weighted by Crippen LogP contribution is 2.37. The summed E-state index contributed by atoms with van der Waals surface area (Å²) in [5.41, 5.74) is 12.2. The van der Waals surface area contributed by atoms with Crippen LogP contribution in [0.2, 0.25) is 0 Å². The molecule has 0 unspecified atom stereocenters. The van der Waals surface area contributed by atoms with Crippen LogP contribution in [0.5, 0.6) is 0 Å². The summed E-state index contributed by atoms with van der Waals surface area (Å²) in [5.74, 6) is 0. The molecule has 112 valence electrons. The van der Waals surface area contributed by atoms with Crippen molar-refractivity contribution in [3.63, 3.8) is 0 Å². The average molecular weight is 281 g/mol. The third-order valence-corrected chi connectivity index (χ3v) is 4.90. The number of rotatable bonds is 2. The molecule has 1 nitrogen and oxygen atoms in total.